The number of unbranched alkanes of at least 4 members (excludes halogenated alkanes) is 4. The number of rotatable bonds is 43. The quantitative estimate of drug-likeness (QED) is 0.0262. The molecule has 67 heavy (non-hydrogen) atoms. The summed E-state index contributed by atoms with van der Waals surface area (Å²) in [5, 5.41) is 0. The highest BCUT2D eigenvalue weighted by molar-refractivity contribution is 5.71. The van der Waals surface area contributed by atoms with Crippen molar-refractivity contribution in [1.29, 1.82) is 0 Å². The molecule has 0 radical (unpaired) electrons. The molecule has 0 aliphatic heterocycles. The van der Waals surface area contributed by atoms with E-state index in [1.807, 2.05) is 0 Å². The monoisotopic (exact) mass is 919 g/mol. The lowest BCUT2D eigenvalue weighted by Crippen LogP contribution is -2.30. The second-order valence-electron chi connectivity index (χ2n) is 15.9. The molecule has 0 aromatic carbocycles. The minimum absolute atomic E-state index is 0.151. The van der Waals surface area contributed by atoms with Crippen LogP contribution in [0.3, 0.4) is 0 Å². The summed E-state index contributed by atoms with van der Waals surface area (Å²) in [6.45, 7) is 6.12. The molecule has 0 aliphatic carbocycles. The maximum Gasteiger partial charge on any atom is 0.306 e. The smallest absolute Gasteiger partial charge is 0.306 e. The Morgan fingerprint density at radius 2 is 0.537 bits per heavy atom. The summed E-state index contributed by atoms with van der Waals surface area (Å²) in [5.74, 6) is -1.12. The molecule has 0 saturated carbocycles. The number of carbonyl (C=O) groups excluding carboxylic acids is 3. The summed E-state index contributed by atoms with van der Waals surface area (Å²) in [5.41, 5.74) is 0. The van der Waals surface area contributed by atoms with Gasteiger partial charge in [0.1, 0.15) is 13.2 Å². The van der Waals surface area contributed by atoms with Crippen LogP contribution in [0.2, 0.25) is 0 Å². The third-order valence-corrected chi connectivity index (χ3v) is 9.70. The number of hydrogen-bond donors (Lipinski definition) is 0. The van der Waals surface area contributed by atoms with E-state index < -0.39 is 6.10 Å². The van der Waals surface area contributed by atoms with E-state index in [1.54, 1.807) is 0 Å². The first-order valence-electron chi connectivity index (χ1n) is 25.6. The number of esters is 3. The van der Waals surface area contributed by atoms with Crippen LogP contribution in [0.1, 0.15) is 175 Å². The average molecular weight is 919 g/mol. The van der Waals surface area contributed by atoms with E-state index in [9.17, 15) is 14.4 Å². The molecule has 0 saturated heterocycles. The van der Waals surface area contributed by atoms with Crippen molar-refractivity contribution >= 4 is 17.9 Å². The van der Waals surface area contributed by atoms with Crippen molar-refractivity contribution in [2.24, 2.45) is 0 Å². The third kappa shape index (κ3) is 51.6. The Labute approximate surface area is 409 Å². The average Bonchev–Trinajstić information content (AvgIpc) is 3.33. The maximum atomic E-state index is 12.8. The minimum atomic E-state index is -0.855. The fraction of sp³-hybridized carbons (Fsp3) is 0.492. The van der Waals surface area contributed by atoms with Crippen molar-refractivity contribution in [2.75, 3.05) is 13.2 Å². The molecule has 0 aromatic rings. The molecule has 0 aliphatic rings. The Hall–Kier alpha value is -5.23. The van der Waals surface area contributed by atoms with E-state index in [0.29, 0.717) is 19.3 Å². The number of ether oxygens (including phenoxy) is 3. The fourth-order valence-corrected chi connectivity index (χ4v) is 5.97. The Morgan fingerprint density at radius 1 is 0.299 bits per heavy atom. The van der Waals surface area contributed by atoms with Crippen molar-refractivity contribution in [3.05, 3.63) is 170 Å². The Morgan fingerprint density at radius 3 is 0.821 bits per heavy atom. The van der Waals surface area contributed by atoms with Crippen LogP contribution < -0.4 is 0 Å². The maximum absolute atomic E-state index is 12.8. The van der Waals surface area contributed by atoms with Gasteiger partial charge < -0.3 is 14.2 Å². The van der Waals surface area contributed by atoms with Crippen LogP contribution in [0, 0.1) is 0 Å². The van der Waals surface area contributed by atoms with Gasteiger partial charge in [-0.05, 0) is 135 Å². The summed E-state index contributed by atoms with van der Waals surface area (Å²) >= 11 is 0. The molecule has 0 spiro atoms. The van der Waals surface area contributed by atoms with Gasteiger partial charge >= 0.3 is 17.9 Å². The highest BCUT2D eigenvalue weighted by Gasteiger charge is 2.19. The van der Waals surface area contributed by atoms with Crippen molar-refractivity contribution in [3.63, 3.8) is 0 Å². The number of hydrogen-bond acceptors (Lipinski definition) is 6. The molecule has 6 nitrogen and oxygen atoms in total. The van der Waals surface area contributed by atoms with Gasteiger partial charge in [-0.25, -0.2) is 0 Å². The number of allylic oxidation sites excluding steroid dienone is 28. The molecule has 370 valence electrons. The first-order valence-corrected chi connectivity index (χ1v) is 25.6. The van der Waals surface area contributed by atoms with Gasteiger partial charge in [-0.3, -0.25) is 14.4 Å². The van der Waals surface area contributed by atoms with E-state index in [1.165, 1.54) is 0 Å². The highest BCUT2D eigenvalue weighted by Crippen LogP contribution is 2.09. The van der Waals surface area contributed by atoms with E-state index in [0.717, 1.165) is 116 Å². The molecule has 0 bridgehead atoms. The van der Waals surface area contributed by atoms with E-state index in [4.69, 9.17) is 14.2 Å². The third-order valence-electron chi connectivity index (χ3n) is 9.70. The normalized spacial score (nSPS) is 13.1. The zero-order chi connectivity index (χ0) is 48.6. The summed E-state index contributed by atoms with van der Waals surface area (Å²) in [4.78, 5) is 38.0. The zero-order valence-corrected chi connectivity index (χ0v) is 42.1. The largest absolute Gasteiger partial charge is 0.462 e. The Kier molecular flexibility index (Phi) is 49.2. The van der Waals surface area contributed by atoms with E-state index in [-0.39, 0.29) is 50.4 Å². The van der Waals surface area contributed by atoms with Crippen LogP contribution in [0.15, 0.2) is 170 Å². The van der Waals surface area contributed by atoms with Crippen molar-refractivity contribution in [2.45, 2.75) is 181 Å². The van der Waals surface area contributed by atoms with Gasteiger partial charge in [0.15, 0.2) is 6.10 Å². The van der Waals surface area contributed by atoms with Crippen molar-refractivity contribution in [1.82, 2.24) is 0 Å². The van der Waals surface area contributed by atoms with Crippen LogP contribution in [0.4, 0.5) is 0 Å². The standard InChI is InChI=1S/C61H90O6/c1-4-7-10-13-16-19-22-25-28-30-33-35-38-41-44-47-50-53-59(62)65-56-58(67-61(64)55-52-49-46-43-40-37-32-27-24-21-18-15-12-9-6-3)57-66-60(63)54-51-48-45-42-39-36-34-31-29-26-23-20-17-14-11-8-5-2/h7-12,16-21,25-29,32-36,40-45,58H,4-6,13-15,22-24,30-31,37-39,46-57H2,1-3H3/b10-7-,11-8-,12-9-,19-16-,20-17-,21-18-,28-25-,29-26-,32-27-,35-33-,36-34-,43-40-,44-41-,45-42-. The van der Waals surface area contributed by atoms with Crippen LogP contribution in [-0.4, -0.2) is 37.2 Å². The van der Waals surface area contributed by atoms with Gasteiger partial charge in [-0.15, -0.1) is 0 Å². The van der Waals surface area contributed by atoms with Crippen LogP contribution in [-0.2, 0) is 28.6 Å². The van der Waals surface area contributed by atoms with Crippen molar-refractivity contribution in [3.8, 4) is 0 Å². The predicted molar refractivity (Wildman–Crippen MR) is 288 cm³/mol. The van der Waals surface area contributed by atoms with Gasteiger partial charge in [0.25, 0.3) is 0 Å². The van der Waals surface area contributed by atoms with Crippen LogP contribution >= 0.6 is 0 Å². The van der Waals surface area contributed by atoms with E-state index >= 15 is 0 Å². The SMILES string of the molecule is CC/C=C\C/C=C\C/C=C\C/C=C\C/C=C\CCCC(=O)OCC(COC(=O)CCC/C=C\C/C=C\C/C=C\C/C=C\C/C=C\CC)OC(=O)CCCC/C=C\C/C=C\C/C=C\C/C=C\CC. The summed E-state index contributed by atoms with van der Waals surface area (Å²) in [7, 11) is 0. The molecule has 0 heterocycles. The first kappa shape index (κ1) is 61.8. The molecule has 0 rings (SSSR count). The Balaban J connectivity index is 4.68. The minimum Gasteiger partial charge on any atom is -0.462 e. The molecular weight excluding hydrogens is 829 g/mol. The van der Waals surface area contributed by atoms with Crippen molar-refractivity contribution < 1.29 is 28.6 Å². The summed E-state index contributed by atoms with van der Waals surface area (Å²) in [6, 6.07) is 0. The summed E-state index contributed by atoms with van der Waals surface area (Å²) < 4.78 is 16.7. The summed E-state index contributed by atoms with van der Waals surface area (Å²) in [6.07, 6.45) is 79.2. The molecular formula is C61H90O6. The fourth-order valence-electron chi connectivity index (χ4n) is 5.97. The Bertz CT molecular complexity index is 1530. The second kappa shape index (κ2) is 53.4. The second-order valence-corrected chi connectivity index (χ2v) is 15.9. The molecule has 0 aromatic heterocycles. The zero-order valence-electron chi connectivity index (χ0n) is 42.1. The topological polar surface area (TPSA) is 78.9 Å². The molecule has 0 N–H and O–H groups in total. The predicted octanol–water partition coefficient (Wildman–Crippen LogP) is 17.2. The highest BCUT2D eigenvalue weighted by atomic mass is 16.6. The van der Waals surface area contributed by atoms with Gasteiger partial charge in [0.05, 0.1) is 0 Å². The van der Waals surface area contributed by atoms with E-state index in [2.05, 4.69) is 191 Å². The molecule has 0 unspecified atom stereocenters. The van der Waals surface area contributed by atoms with Gasteiger partial charge in [-0.1, -0.05) is 191 Å². The number of carbonyl (C=O) groups is 3. The molecule has 0 fully saturated rings. The lowest BCUT2D eigenvalue weighted by molar-refractivity contribution is -0.167. The van der Waals surface area contributed by atoms with Crippen LogP contribution in [0.5, 0.6) is 0 Å². The van der Waals surface area contributed by atoms with Gasteiger partial charge in [-0.2, -0.15) is 0 Å². The lowest BCUT2D eigenvalue weighted by Gasteiger charge is -2.18. The van der Waals surface area contributed by atoms with Gasteiger partial charge in [0.2, 0.25) is 0 Å². The van der Waals surface area contributed by atoms with Crippen LogP contribution in [0.25, 0.3) is 0 Å². The van der Waals surface area contributed by atoms with Gasteiger partial charge in [0, 0.05) is 19.3 Å². The first-order chi connectivity index (χ1) is 33.0. The molecule has 6 heteroatoms. The lowest BCUT2D eigenvalue weighted by atomic mass is 10.2. The molecule has 0 amide bonds. The molecule has 0 atom stereocenters.